The molecule has 3 aromatic carbocycles. The van der Waals surface area contributed by atoms with Crippen LogP contribution in [0, 0.1) is 13.8 Å². The van der Waals surface area contributed by atoms with Crippen molar-refractivity contribution < 1.29 is 9.53 Å². The van der Waals surface area contributed by atoms with Crippen molar-refractivity contribution in [3.05, 3.63) is 83.4 Å². The van der Waals surface area contributed by atoms with Gasteiger partial charge in [0, 0.05) is 11.4 Å². The molecule has 0 spiro atoms. The van der Waals surface area contributed by atoms with Crippen molar-refractivity contribution in [1.29, 1.82) is 0 Å². The summed E-state index contributed by atoms with van der Waals surface area (Å²) in [6, 6.07) is 20.8. The van der Waals surface area contributed by atoms with E-state index in [2.05, 4.69) is 11.4 Å². The molecule has 33 heavy (non-hydrogen) atoms. The van der Waals surface area contributed by atoms with Gasteiger partial charge in [-0.25, -0.2) is 9.97 Å². The van der Waals surface area contributed by atoms with E-state index in [-0.39, 0.29) is 11.7 Å². The Labute approximate surface area is 190 Å². The van der Waals surface area contributed by atoms with E-state index in [9.17, 15) is 4.79 Å². The van der Waals surface area contributed by atoms with Gasteiger partial charge in [-0.2, -0.15) is 0 Å². The molecule has 1 amide bonds. The number of amides is 1. The average Bonchev–Trinajstić information content (AvgIpc) is 3.08. The number of nitrogen functional groups attached to an aromatic ring is 1. The Morgan fingerprint density at radius 1 is 0.939 bits per heavy atom. The van der Waals surface area contributed by atoms with Crippen LogP contribution < -0.4 is 15.8 Å². The van der Waals surface area contributed by atoms with Gasteiger partial charge in [-0.05, 0) is 73.5 Å². The number of methoxy groups -OCH3 is 1. The van der Waals surface area contributed by atoms with Crippen LogP contribution in [0.1, 0.15) is 21.5 Å². The standard InChI is InChI=1S/C26H23N5O2/c1-15-12-16(2)14-18(13-15)31-24(27)22(26(32)28-17-8-10-19(33-3)11-9-17)23-25(31)30-21-7-5-4-6-20(21)29-23/h4-14H,27H2,1-3H3,(H,28,32). The molecule has 2 heterocycles. The molecule has 7 heteroatoms. The highest BCUT2D eigenvalue weighted by molar-refractivity contribution is 6.16. The quantitative estimate of drug-likeness (QED) is 0.411. The topological polar surface area (TPSA) is 95.1 Å². The number of nitrogens with zero attached hydrogens (tertiary/aromatic N) is 3. The normalized spacial score (nSPS) is 11.1. The van der Waals surface area contributed by atoms with Gasteiger partial charge < -0.3 is 15.8 Å². The Morgan fingerprint density at radius 3 is 2.21 bits per heavy atom. The van der Waals surface area contributed by atoms with E-state index >= 15 is 0 Å². The fourth-order valence-electron chi connectivity index (χ4n) is 4.09. The highest BCUT2D eigenvalue weighted by Crippen LogP contribution is 2.32. The summed E-state index contributed by atoms with van der Waals surface area (Å²) in [5, 5.41) is 2.92. The van der Waals surface area contributed by atoms with Gasteiger partial charge in [0.25, 0.3) is 5.91 Å². The number of aryl methyl sites for hydroxylation is 2. The number of aromatic nitrogens is 3. The Bertz CT molecular complexity index is 1500. The first-order valence-corrected chi connectivity index (χ1v) is 10.6. The van der Waals surface area contributed by atoms with Crippen LogP contribution in [0.3, 0.4) is 0 Å². The molecule has 0 atom stereocenters. The zero-order chi connectivity index (χ0) is 23.1. The lowest BCUT2D eigenvalue weighted by Crippen LogP contribution is -2.14. The molecule has 0 saturated carbocycles. The molecule has 0 saturated heterocycles. The second-order valence-electron chi connectivity index (χ2n) is 8.01. The monoisotopic (exact) mass is 437 g/mol. The molecular weight excluding hydrogens is 414 g/mol. The van der Waals surface area contributed by atoms with Crippen molar-refractivity contribution in [3.8, 4) is 11.4 Å². The fourth-order valence-corrected chi connectivity index (χ4v) is 4.09. The molecule has 0 fully saturated rings. The zero-order valence-electron chi connectivity index (χ0n) is 18.6. The van der Waals surface area contributed by atoms with Gasteiger partial charge in [-0.3, -0.25) is 9.36 Å². The lowest BCUT2D eigenvalue weighted by molar-refractivity contribution is 0.102. The van der Waals surface area contributed by atoms with Crippen LogP contribution in [0.15, 0.2) is 66.7 Å². The molecule has 2 aromatic heterocycles. The van der Waals surface area contributed by atoms with Crippen LogP contribution >= 0.6 is 0 Å². The first-order chi connectivity index (χ1) is 15.9. The van der Waals surface area contributed by atoms with Crippen molar-refractivity contribution in [1.82, 2.24) is 14.5 Å². The molecule has 5 aromatic rings. The number of para-hydroxylation sites is 2. The van der Waals surface area contributed by atoms with Gasteiger partial charge in [0.1, 0.15) is 22.6 Å². The number of benzene rings is 3. The fraction of sp³-hybridized carbons (Fsp3) is 0.115. The van der Waals surface area contributed by atoms with E-state index in [0.29, 0.717) is 33.7 Å². The minimum absolute atomic E-state index is 0.288. The Hall–Kier alpha value is -4.39. The highest BCUT2D eigenvalue weighted by atomic mass is 16.5. The highest BCUT2D eigenvalue weighted by Gasteiger charge is 2.25. The number of rotatable bonds is 4. The van der Waals surface area contributed by atoms with Crippen LogP contribution in [-0.4, -0.2) is 27.6 Å². The molecule has 0 aliphatic carbocycles. The third-order valence-corrected chi connectivity index (χ3v) is 5.54. The first-order valence-electron chi connectivity index (χ1n) is 10.6. The summed E-state index contributed by atoms with van der Waals surface area (Å²) in [6.07, 6.45) is 0. The molecule has 0 radical (unpaired) electrons. The predicted octanol–water partition coefficient (Wildman–Crippen LogP) is 5.03. The minimum atomic E-state index is -0.352. The maximum Gasteiger partial charge on any atom is 0.261 e. The lowest BCUT2D eigenvalue weighted by atomic mass is 10.1. The van der Waals surface area contributed by atoms with Crippen LogP contribution in [0.25, 0.3) is 27.9 Å². The molecule has 5 rings (SSSR count). The summed E-state index contributed by atoms with van der Waals surface area (Å²) in [6.45, 7) is 4.05. The largest absolute Gasteiger partial charge is 0.497 e. The molecule has 3 N–H and O–H groups in total. The van der Waals surface area contributed by atoms with Crippen LogP contribution in [-0.2, 0) is 0 Å². The summed E-state index contributed by atoms with van der Waals surface area (Å²) in [5.41, 5.74) is 13.0. The number of hydrogen-bond acceptors (Lipinski definition) is 5. The van der Waals surface area contributed by atoms with Crippen LogP contribution in [0.4, 0.5) is 11.5 Å². The van der Waals surface area contributed by atoms with Gasteiger partial charge in [-0.1, -0.05) is 18.2 Å². The second kappa shape index (κ2) is 7.94. The van der Waals surface area contributed by atoms with Crippen LogP contribution in [0.5, 0.6) is 5.75 Å². The molecule has 0 bridgehead atoms. The molecule has 0 aliphatic heterocycles. The first kappa shape index (κ1) is 20.5. The van der Waals surface area contributed by atoms with Gasteiger partial charge in [0.15, 0.2) is 5.65 Å². The van der Waals surface area contributed by atoms with Crippen molar-refractivity contribution in [2.24, 2.45) is 0 Å². The number of nitrogens with one attached hydrogen (secondary N) is 1. The van der Waals surface area contributed by atoms with Crippen molar-refractivity contribution in [2.45, 2.75) is 13.8 Å². The summed E-state index contributed by atoms with van der Waals surface area (Å²) in [7, 11) is 1.60. The molecule has 0 aliphatic rings. The summed E-state index contributed by atoms with van der Waals surface area (Å²) < 4.78 is 7.00. The second-order valence-corrected chi connectivity index (χ2v) is 8.01. The lowest BCUT2D eigenvalue weighted by Gasteiger charge is -2.10. The third-order valence-electron chi connectivity index (χ3n) is 5.54. The Morgan fingerprint density at radius 2 is 1.58 bits per heavy atom. The molecular formula is C26H23N5O2. The Balaban J connectivity index is 1.72. The summed E-state index contributed by atoms with van der Waals surface area (Å²) >= 11 is 0. The predicted molar refractivity (Wildman–Crippen MR) is 131 cm³/mol. The average molecular weight is 438 g/mol. The number of ether oxygens (including phenoxy) is 1. The van der Waals surface area contributed by atoms with E-state index < -0.39 is 0 Å². The molecule has 164 valence electrons. The molecule has 0 unspecified atom stereocenters. The van der Waals surface area contributed by atoms with E-state index in [0.717, 1.165) is 22.3 Å². The smallest absolute Gasteiger partial charge is 0.261 e. The number of carbonyl (C=O) groups is 1. The maximum absolute atomic E-state index is 13.4. The van der Waals surface area contributed by atoms with Crippen molar-refractivity contribution >= 4 is 39.6 Å². The van der Waals surface area contributed by atoms with Crippen molar-refractivity contribution in [3.63, 3.8) is 0 Å². The number of hydrogen-bond donors (Lipinski definition) is 2. The van der Waals surface area contributed by atoms with Gasteiger partial charge in [0.05, 0.1) is 18.1 Å². The Kier molecular flexibility index (Phi) is 4.94. The van der Waals surface area contributed by atoms with E-state index in [1.165, 1.54) is 0 Å². The van der Waals surface area contributed by atoms with Crippen LogP contribution in [0.2, 0.25) is 0 Å². The number of carbonyl (C=O) groups excluding carboxylic acids is 1. The number of anilines is 2. The summed E-state index contributed by atoms with van der Waals surface area (Å²) in [5.74, 6) is 0.642. The number of nitrogens with two attached hydrogens (primary N) is 1. The SMILES string of the molecule is COc1ccc(NC(=O)c2c(N)n(-c3cc(C)cc(C)c3)c3nc4ccccc4nc23)cc1. The summed E-state index contributed by atoms with van der Waals surface area (Å²) in [4.78, 5) is 23.0. The van der Waals surface area contributed by atoms with Crippen molar-refractivity contribution in [2.75, 3.05) is 18.2 Å². The zero-order valence-corrected chi connectivity index (χ0v) is 18.6. The van der Waals surface area contributed by atoms with Gasteiger partial charge >= 0.3 is 0 Å². The van der Waals surface area contributed by atoms with E-state index in [1.54, 1.807) is 35.9 Å². The van der Waals surface area contributed by atoms with E-state index in [4.69, 9.17) is 20.4 Å². The number of fused-ring (bicyclic) bond motifs is 2. The van der Waals surface area contributed by atoms with E-state index in [1.807, 2.05) is 50.2 Å². The van der Waals surface area contributed by atoms with Gasteiger partial charge in [0.2, 0.25) is 0 Å². The third kappa shape index (κ3) is 3.63. The van der Waals surface area contributed by atoms with Gasteiger partial charge in [-0.15, -0.1) is 0 Å². The minimum Gasteiger partial charge on any atom is -0.497 e. The molecule has 7 nitrogen and oxygen atoms in total. The maximum atomic E-state index is 13.4.